The number of aliphatic carboxylic acids is 1. The number of hydrogen-bond donors (Lipinski definition) is 1. The number of aldehydes is 1. The zero-order chi connectivity index (χ0) is 14.0. The molecule has 0 aliphatic carbocycles. The van der Waals surface area contributed by atoms with Crippen LogP contribution in [-0.2, 0) is 16.1 Å². The van der Waals surface area contributed by atoms with Gasteiger partial charge in [0.05, 0.1) is 5.57 Å². The smallest absolute Gasteiger partial charge is 0.338 e. The van der Waals surface area contributed by atoms with Crippen molar-refractivity contribution in [1.29, 1.82) is 0 Å². The third-order valence-corrected chi connectivity index (χ3v) is 2.87. The van der Waals surface area contributed by atoms with Crippen LogP contribution in [0.2, 0.25) is 0 Å². The number of carboxylic acids is 1. The third-order valence-electron chi connectivity index (χ3n) is 2.87. The molecule has 1 heterocycles. The van der Waals surface area contributed by atoms with Crippen LogP contribution in [0.15, 0.2) is 29.8 Å². The molecule has 2 atom stereocenters. The first-order valence-electron chi connectivity index (χ1n) is 5.59. The molecule has 6 heteroatoms. The molecule has 4 nitrogen and oxygen atoms in total. The number of halogens is 2. The third kappa shape index (κ3) is 3.23. The fourth-order valence-corrected chi connectivity index (χ4v) is 1.77. The molecular formula is C13H11F2NO3. The van der Waals surface area contributed by atoms with Crippen molar-refractivity contribution < 1.29 is 23.5 Å². The summed E-state index contributed by atoms with van der Waals surface area (Å²) in [6.07, 6.45) is 1.64. The monoisotopic (exact) mass is 267 g/mol. The molecule has 1 aromatic rings. The van der Waals surface area contributed by atoms with Gasteiger partial charge in [0.1, 0.15) is 0 Å². The highest BCUT2D eigenvalue weighted by Crippen LogP contribution is 2.23. The Balaban J connectivity index is 1.98. The summed E-state index contributed by atoms with van der Waals surface area (Å²) in [7, 11) is 0. The lowest BCUT2D eigenvalue weighted by atomic mass is 10.2. The standard InChI is InChI=1S/C13H11F2NO3/c14-11-2-1-8(3-12(11)15)5-16-6-10(16)4-9(7-17)13(18)19/h1-4,7,10H,5-6H2,(H,18,19)/b9-4+. The lowest BCUT2D eigenvalue weighted by Crippen LogP contribution is -2.06. The van der Waals surface area contributed by atoms with Crippen LogP contribution in [-0.4, -0.2) is 34.8 Å². The molecule has 1 N–H and O–H groups in total. The topological polar surface area (TPSA) is 57.4 Å². The molecule has 1 aromatic carbocycles. The van der Waals surface area contributed by atoms with Gasteiger partial charge in [-0.25, -0.2) is 13.6 Å². The number of nitrogens with zero attached hydrogens (tertiary/aromatic N) is 1. The summed E-state index contributed by atoms with van der Waals surface area (Å²) in [4.78, 5) is 23.0. The van der Waals surface area contributed by atoms with E-state index in [1.807, 2.05) is 4.90 Å². The van der Waals surface area contributed by atoms with Crippen molar-refractivity contribution >= 4 is 12.3 Å². The predicted molar refractivity (Wildman–Crippen MR) is 62.3 cm³/mol. The van der Waals surface area contributed by atoms with E-state index in [2.05, 4.69) is 0 Å². The van der Waals surface area contributed by atoms with E-state index in [4.69, 9.17) is 5.11 Å². The first-order valence-corrected chi connectivity index (χ1v) is 5.59. The van der Waals surface area contributed by atoms with Crippen LogP contribution in [0.4, 0.5) is 8.78 Å². The summed E-state index contributed by atoms with van der Waals surface area (Å²) in [6.45, 7) is 0.966. The van der Waals surface area contributed by atoms with E-state index in [1.165, 1.54) is 12.1 Å². The minimum atomic E-state index is -1.27. The highest BCUT2D eigenvalue weighted by atomic mass is 19.2. The molecular weight excluding hydrogens is 256 g/mol. The van der Waals surface area contributed by atoms with Gasteiger partial charge in [0.15, 0.2) is 17.9 Å². The van der Waals surface area contributed by atoms with Crippen molar-refractivity contribution in [3.63, 3.8) is 0 Å². The zero-order valence-corrected chi connectivity index (χ0v) is 9.85. The maximum Gasteiger partial charge on any atom is 0.338 e. The van der Waals surface area contributed by atoms with E-state index >= 15 is 0 Å². The molecule has 1 aliphatic rings. The second kappa shape index (κ2) is 5.27. The van der Waals surface area contributed by atoms with Gasteiger partial charge in [0.25, 0.3) is 0 Å². The summed E-state index contributed by atoms with van der Waals surface area (Å²) in [5, 5.41) is 8.68. The lowest BCUT2D eigenvalue weighted by molar-refractivity contribution is -0.133. The van der Waals surface area contributed by atoms with Crippen LogP contribution in [0.5, 0.6) is 0 Å². The van der Waals surface area contributed by atoms with Crippen LogP contribution in [0.3, 0.4) is 0 Å². The molecule has 19 heavy (non-hydrogen) atoms. The summed E-state index contributed by atoms with van der Waals surface area (Å²) in [5.74, 6) is -3.08. The molecule has 1 aliphatic heterocycles. The van der Waals surface area contributed by atoms with Crippen molar-refractivity contribution in [3.05, 3.63) is 47.0 Å². The van der Waals surface area contributed by atoms with Crippen molar-refractivity contribution in [2.75, 3.05) is 6.54 Å². The fourth-order valence-electron chi connectivity index (χ4n) is 1.77. The normalized spacial score (nSPS) is 22.1. The highest BCUT2D eigenvalue weighted by molar-refractivity contribution is 6.06. The zero-order valence-electron chi connectivity index (χ0n) is 9.85. The molecule has 0 radical (unpaired) electrons. The molecule has 0 saturated carbocycles. The minimum Gasteiger partial charge on any atom is -0.478 e. The van der Waals surface area contributed by atoms with Gasteiger partial charge in [0.2, 0.25) is 0 Å². The maximum absolute atomic E-state index is 13.0. The largest absolute Gasteiger partial charge is 0.478 e. The van der Waals surface area contributed by atoms with E-state index in [-0.39, 0.29) is 17.9 Å². The number of benzene rings is 1. The van der Waals surface area contributed by atoms with Gasteiger partial charge in [0, 0.05) is 19.1 Å². The second-order valence-electron chi connectivity index (χ2n) is 4.29. The second-order valence-corrected chi connectivity index (χ2v) is 4.29. The van der Waals surface area contributed by atoms with E-state index < -0.39 is 17.6 Å². The van der Waals surface area contributed by atoms with E-state index in [1.54, 1.807) is 0 Å². The van der Waals surface area contributed by atoms with Crippen LogP contribution in [0.1, 0.15) is 5.56 Å². The van der Waals surface area contributed by atoms with Crippen LogP contribution in [0.25, 0.3) is 0 Å². The lowest BCUT2D eigenvalue weighted by Gasteiger charge is -2.03. The Bertz CT molecular complexity index is 557. The number of carboxylic acid groups (broad SMARTS) is 1. The minimum absolute atomic E-state index is 0.149. The fraction of sp³-hybridized carbons (Fsp3) is 0.231. The molecule has 1 fully saturated rings. The molecule has 0 bridgehead atoms. The Morgan fingerprint density at radius 1 is 1.42 bits per heavy atom. The number of hydrogen-bond acceptors (Lipinski definition) is 3. The number of carbonyl (C=O) groups is 2. The summed E-state index contributed by atoms with van der Waals surface area (Å²) < 4.78 is 25.7. The van der Waals surface area contributed by atoms with Crippen LogP contribution < -0.4 is 0 Å². The van der Waals surface area contributed by atoms with Gasteiger partial charge in [-0.15, -0.1) is 0 Å². The Morgan fingerprint density at radius 3 is 2.74 bits per heavy atom. The molecule has 2 unspecified atom stereocenters. The van der Waals surface area contributed by atoms with Crippen molar-refractivity contribution in [1.82, 2.24) is 4.90 Å². The van der Waals surface area contributed by atoms with Crippen LogP contribution in [0, 0.1) is 11.6 Å². The van der Waals surface area contributed by atoms with Crippen molar-refractivity contribution in [3.8, 4) is 0 Å². The quantitative estimate of drug-likeness (QED) is 0.288. The summed E-state index contributed by atoms with van der Waals surface area (Å²) >= 11 is 0. The number of carbonyl (C=O) groups excluding carboxylic acids is 1. The first kappa shape index (κ1) is 13.4. The molecule has 0 aromatic heterocycles. The maximum atomic E-state index is 13.0. The highest BCUT2D eigenvalue weighted by Gasteiger charge is 2.32. The first-order chi connectivity index (χ1) is 9.01. The summed E-state index contributed by atoms with van der Waals surface area (Å²) in [5.41, 5.74) is 0.301. The Labute approximate surface area is 107 Å². The van der Waals surface area contributed by atoms with Gasteiger partial charge >= 0.3 is 5.97 Å². The van der Waals surface area contributed by atoms with E-state index in [0.29, 0.717) is 18.7 Å². The molecule has 0 amide bonds. The van der Waals surface area contributed by atoms with Gasteiger partial charge in [-0.3, -0.25) is 9.69 Å². The Hall–Kier alpha value is -2.08. The van der Waals surface area contributed by atoms with E-state index in [0.717, 1.165) is 12.1 Å². The van der Waals surface area contributed by atoms with Gasteiger partial charge < -0.3 is 5.11 Å². The van der Waals surface area contributed by atoms with Crippen molar-refractivity contribution in [2.24, 2.45) is 0 Å². The predicted octanol–water partition coefficient (Wildman–Crippen LogP) is 1.36. The van der Waals surface area contributed by atoms with Gasteiger partial charge in [-0.05, 0) is 23.8 Å². The van der Waals surface area contributed by atoms with Crippen molar-refractivity contribution in [2.45, 2.75) is 12.6 Å². The SMILES string of the molecule is O=C/C(=C\C1CN1Cc1ccc(F)c(F)c1)C(=O)O. The molecule has 1 saturated heterocycles. The molecule has 100 valence electrons. The van der Waals surface area contributed by atoms with Gasteiger partial charge in [-0.2, -0.15) is 0 Å². The Morgan fingerprint density at radius 2 is 2.16 bits per heavy atom. The average Bonchev–Trinajstić information content (AvgIpc) is 3.08. The van der Waals surface area contributed by atoms with E-state index in [9.17, 15) is 18.4 Å². The van der Waals surface area contributed by atoms with Gasteiger partial charge in [-0.1, -0.05) is 6.07 Å². The molecule has 0 spiro atoms. The van der Waals surface area contributed by atoms with Crippen LogP contribution >= 0.6 is 0 Å². The molecule has 2 rings (SSSR count). The number of rotatable bonds is 5. The average molecular weight is 267 g/mol. The summed E-state index contributed by atoms with van der Waals surface area (Å²) in [6, 6.07) is 3.47. The Kier molecular flexibility index (Phi) is 3.71.